The van der Waals surface area contributed by atoms with Crippen molar-refractivity contribution < 1.29 is 14.3 Å². The summed E-state index contributed by atoms with van der Waals surface area (Å²) in [6.45, 7) is 4.41. The summed E-state index contributed by atoms with van der Waals surface area (Å²) in [6.07, 6.45) is 4.50. The van der Waals surface area contributed by atoms with Crippen LogP contribution in [0.15, 0.2) is 48.8 Å². The number of aromatic nitrogens is 2. The SMILES string of the molecule is Cc1ccc(C(N)=O)cc1-n1ccnc1[C@@H](C)Cc1ccc2c(c1)OCO2. The Morgan fingerprint density at radius 2 is 2.04 bits per heavy atom. The number of nitrogens with zero attached hydrogens (tertiary/aromatic N) is 2. The average molecular weight is 363 g/mol. The second-order valence-electron chi connectivity index (χ2n) is 6.81. The molecule has 27 heavy (non-hydrogen) atoms. The molecule has 1 aromatic heterocycles. The van der Waals surface area contributed by atoms with Crippen LogP contribution in [0.4, 0.5) is 0 Å². The van der Waals surface area contributed by atoms with E-state index in [2.05, 4.69) is 18.0 Å². The van der Waals surface area contributed by atoms with Gasteiger partial charge in [-0.3, -0.25) is 4.79 Å². The molecule has 0 bridgehead atoms. The van der Waals surface area contributed by atoms with E-state index in [4.69, 9.17) is 15.2 Å². The molecule has 138 valence electrons. The molecular weight excluding hydrogens is 342 g/mol. The van der Waals surface area contributed by atoms with Gasteiger partial charge in [-0.15, -0.1) is 0 Å². The van der Waals surface area contributed by atoms with Crippen LogP contribution in [-0.4, -0.2) is 22.3 Å². The van der Waals surface area contributed by atoms with Gasteiger partial charge in [0.25, 0.3) is 0 Å². The summed E-state index contributed by atoms with van der Waals surface area (Å²) in [6, 6.07) is 11.5. The van der Waals surface area contributed by atoms with Crippen molar-refractivity contribution in [1.29, 1.82) is 0 Å². The molecule has 6 heteroatoms. The van der Waals surface area contributed by atoms with Crippen molar-refractivity contribution in [1.82, 2.24) is 9.55 Å². The van der Waals surface area contributed by atoms with Crippen molar-refractivity contribution in [3.63, 3.8) is 0 Å². The van der Waals surface area contributed by atoms with Crippen LogP contribution < -0.4 is 15.2 Å². The minimum absolute atomic E-state index is 0.164. The summed E-state index contributed by atoms with van der Waals surface area (Å²) in [5.74, 6) is 2.22. The molecule has 0 fully saturated rings. The third-order valence-electron chi connectivity index (χ3n) is 4.84. The molecule has 1 atom stereocenters. The fourth-order valence-electron chi connectivity index (χ4n) is 3.42. The highest BCUT2D eigenvalue weighted by Gasteiger charge is 2.18. The quantitative estimate of drug-likeness (QED) is 0.754. The minimum atomic E-state index is -0.439. The summed E-state index contributed by atoms with van der Waals surface area (Å²) >= 11 is 0. The molecular formula is C21H21N3O3. The largest absolute Gasteiger partial charge is 0.454 e. The van der Waals surface area contributed by atoms with Crippen LogP contribution in [0.1, 0.15) is 40.2 Å². The van der Waals surface area contributed by atoms with Crippen LogP contribution in [0.2, 0.25) is 0 Å². The topological polar surface area (TPSA) is 79.4 Å². The van der Waals surface area contributed by atoms with Crippen molar-refractivity contribution in [3.8, 4) is 17.2 Å². The molecule has 0 saturated heterocycles. The third-order valence-corrected chi connectivity index (χ3v) is 4.84. The maximum atomic E-state index is 11.6. The number of hydrogen-bond donors (Lipinski definition) is 1. The maximum absolute atomic E-state index is 11.6. The zero-order valence-electron chi connectivity index (χ0n) is 15.3. The van der Waals surface area contributed by atoms with Crippen LogP contribution in [0.3, 0.4) is 0 Å². The number of ether oxygens (including phenoxy) is 2. The smallest absolute Gasteiger partial charge is 0.248 e. The first-order valence-electron chi connectivity index (χ1n) is 8.85. The number of fused-ring (bicyclic) bond motifs is 1. The zero-order chi connectivity index (χ0) is 19.0. The molecule has 0 radical (unpaired) electrons. The van der Waals surface area contributed by atoms with Gasteiger partial charge in [0.1, 0.15) is 5.82 Å². The Hall–Kier alpha value is -3.28. The fraction of sp³-hybridized carbons (Fsp3) is 0.238. The minimum Gasteiger partial charge on any atom is -0.454 e. The number of carbonyl (C=O) groups excluding carboxylic acids is 1. The number of amides is 1. The molecule has 6 nitrogen and oxygen atoms in total. The van der Waals surface area contributed by atoms with E-state index in [0.717, 1.165) is 40.6 Å². The lowest BCUT2D eigenvalue weighted by atomic mass is 9.99. The zero-order valence-corrected chi connectivity index (χ0v) is 15.3. The van der Waals surface area contributed by atoms with Gasteiger partial charge in [-0.2, -0.15) is 0 Å². The Bertz CT molecular complexity index is 1010. The van der Waals surface area contributed by atoms with E-state index in [-0.39, 0.29) is 12.7 Å². The summed E-state index contributed by atoms with van der Waals surface area (Å²) in [7, 11) is 0. The molecule has 3 aromatic rings. The first-order chi connectivity index (χ1) is 13.0. The number of imidazole rings is 1. The lowest BCUT2D eigenvalue weighted by molar-refractivity contribution is 0.1000. The van der Waals surface area contributed by atoms with Crippen molar-refractivity contribution in [2.24, 2.45) is 5.73 Å². The number of hydrogen-bond acceptors (Lipinski definition) is 4. The number of carbonyl (C=O) groups is 1. The summed E-state index contributed by atoms with van der Waals surface area (Å²) in [5, 5.41) is 0. The van der Waals surface area contributed by atoms with Crippen molar-refractivity contribution in [2.75, 3.05) is 6.79 Å². The molecule has 0 saturated carbocycles. The molecule has 4 rings (SSSR count). The normalized spacial score (nSPS) is 13.6. The molecule has 1 aliphatic rings. The predicted octanol–water partition coefficient (Wildman–Crippen LogP) is 3.35. The second-order valence-corrected chi connectivity index (χ2v) is 6.81. The van der Waals surface area contributed by atoms with E-state index in [9.17, 15) is 4.79 Å². The molecule has 0 unspecified atom stereocenters. The Kier molecular flexibility index (Phi) is 4.32. The number of aryl methyl sites for hydroxylation is 1. The van der Waals surface area contributed by atoms with Crippen LogP contribution in [0.25, 0.3) is 5.69 Å². The van der Waals surface area contributed by atoms with Gasteiger partial charge in [-0.1, -0.05) is 19.1 Å². The first kappa shape index (κ1) is 17.1. The molecule has 0 spiro atoms. The predicted molar refractivity (Wildman–Crippen MR) is 102 cm³/mol. The second kappa shape index (κ2) is 6.79. The van der Waals surface area contributed by atoms with E-state index in [1.807, 2.05) is 42.0 Å². The third kappa shape index (κ3) is 3.26. The molecule has 2 N–H and O–H groups in total. The molecule has 1 amide bonds. The van der Waals surface area contributed by atoms with E-state index in [0.29, 0.717) is 5.56 Å². The first-order valence-corrected chi connectivity index (χ1v) is 8.85. The Labute approximate surface area is 157 Å². The van der Waals surface area contributed by atoms with Crippen LogP contribution in [0.5, 0.6) is 11.5 Å². The molecule has 2 heterocycles. The Morgan fingerprint density at radius 3 is 2.85 bits per heavy atom. The summed E-state index contributed by atoms with van der Waals surface area (Å²) < 4.78 is 12.9. The number of benzene rings is 2. The van der Waals surface area contributed by atoms with Crippen LogP contribution in [0, 0.1) is 6.92 Å². The van der Waals surface area contributed by atoms with Gasteiger partial charge in [0.05, 0.1) is 5.69 Å². The van der Waals surface area contributed by atoms with E-state index >= 15 is 0 Å². The van der Waals surface area contributed by atoms with Gasteiger partial charge >= 0.3 is 0 Å². The van der Waals surface area contributed by atoms with Gasteiger partial charge in [0, 0.05) is 23.9 Å². The van der Waals surface area contributed by atoms with Gasteiger partial charge in [-0.25, -0.2) is 4.98 Å². The van der Waals surface area contributed by atoms with Gasteiger partial charge in [0.15, 0.2) is 11.5 Å². The van der Waals surface area contributed by atoms with Crippen molar-refractivity contribution in [2.45, 2.75) is 26.2 Å². The number of nitrogens with two attached hydrogens (primary N) is 1. The molecule has 2 aromatic carbocycles. The average Bonchev–Trinajstić information content (AvgIpc) is 3.30. The molecule has 1 aliphatic heterocycles. The lowest BCUT2D eigenvalue weighted by Gasteiger charge is -2.16. The van der Waals surface area contributed by atoms with Crippen molar-refractivity contribution in [3.05, 3.63) is 71.3 Å². The van der Waals surface area contributed by atoms with Crippen LogP contribution >= 0.6 is 0 Å². The highest BCUT2D eigenvalue weighted by molar-refractivity contribution is 5.93. The lowest BCUT2D eigenvalue weighted by Crippen LogP contribution is -2.13. The monoisotopic (exact) mass is 363 g/mol. The Balaban J connectivity index is 1.64. The van der Waals surface area contributed by atoms with Gasteiger partial charge in [-0.05, 0) is 48.7 Å². The van der Waals surface area contributed by atoms with Crippen molar-refractivity contribution >= 4 is 5.91 Å². The van der Waals surface area contributed by atoms with E-state index < -0.39 is 5.91 Å². The number of primary amides is 1. The molecule has 0 aliphatic carbocycles. The van der Waals surface area contributed by atoms with E-state index in [1.54, 1.807) is 12.3 Å². The Morgan fingerprint density at radius 1 is 1.22 bits per heavy atom. The summed E-state index contributed by atoms with van der Waals surface area (Å²) in [4.78, 5) is 16.1. The van der Waals surface area contributed by atoms with Crippen LogP contribution in [-0.2, 0) is 6.42 Å². The van der Waals surface area contributed by atoms with Gasteiger partial charge < -0.3 is 19.8 Å². The van der Waals surface area contributed by atoms with E-state index in [1.165, 1.54) is 0 Å². The summed E-state index contributed by atoms with van der Waals surface area (Å²) in [5.41, 5.74) is 9.05. The highest BCUT2D eigenvalue weighted by atomic mass is 16.7. The fourth-order valence-corrected chi connectivity index (χ4v) is 3.42. The maximum Gasteiger partial charge on any atom is 0.248 e. The standard InChI is InChI=1S/C21H21N3O3/c1-13-3-5-16(20(22)25)11-17(13)24-8-7-23-21(24)14(2)9-15-4-6-18-19(10-15)27-12-26-18/h3-8,10-11,14H,9,12H2,1-2H3,(H2,22,25)/t14-/m0/s1. The highest BCUT2D eigenvalue weighted by Crippen LogP contribution is 2.34. The van der Waals surface area contributed by atoms with Gasteiger partial charge in [0.2, 0.25) is 12.7 Å². The number of rotatable bonds is 5.